The fourth-order valence-corrected chi connectivity index (χ4v) is 4.42. The molecule has 6 nitrogen and oxygen atoms in total. The molecule has 1 aliphatic carbocycles. The molecule has 2 unspecified atom stereocenters. The average Bonchev–Trinajstić information content (AvgIpc) is 3.14. The molecule has 6 heteroatoms. The van der Waals surface area contributed by atoms with Crippen LogP contribution in [0, 0.1) is 17.2 Å². The van der Waals surface area contributed by atoms with Crippen molar-refractivity contribution in [3.63, 3.8) is 0 Å². The average molecular weight is 391 g/mol. The first-order valence-electron chi connectivity index (χ1n) is 9.52. The molecule has 148 valence electrons. The predicted molar refractivity (Wildman–Crippen MR) is 107 cm³/mol. The van der Waals surface area contributed by atoms with Crippen LogP contribution in [0.15, 0.2) is 40.8 Å². The maximum Gasteiger partial charge on any atom is 0.306 e. The number of nitrogens with zero attached hydrogens (tertiary/aromatic N) is 1. The highest BCUT2D eigenvalue weighted by Gasteiger charge is 2.44. The standard InChI is InChI=1S/C23H21NO5/c1-27-19-8-7-16(21-15-5-3-4-6-18(15)29-22(19)21)23(13-24)10-9-17(25)14(12-23)11-20(26)28-2/h3-8,14H,9-12H2,1-2H3. The van der Waals surface area contributed by atoms with Crippen LogP contribution in [-0.2, 0) is 19.7 Å². The molecular formula is C23H21NO5. The van der Waals surface area contributed by atoms with Gasteiger partial charge in [-0.15, -0.1) is 0 Å². The van der Waals surface area contributed by atoms with Crippen LogP contribution in [0.1, 0.15) is 31.2 Å². The number of carbonyl (C=O) groups is 2. The predicted octanol–water partition coefficient (Wildman–Crippen LogP) is 4.29. The van der Waals surface area contributed by atoms with Crippen LogP contribution in [-0.4, -0.2) is 26.0 Å². The first-order valence-corrected chi connectivity index (χ1v) is 9.52. The van der Waals surface area contributed by atoms with Gasteiger partial charge in [0.15, 0.2) is 11.3 Å². The summed E-state index contributed by atoms with van der Waals surface area (Å²) in [7, 11) is 2.88. The van der Waals surface area contributed by atoms with Gasteiger partial charge >= 0.3 is 5.97 Å². The fourth-order valence-electron chi connectivity index (χ4n) is 4.42. The second kappa shape index (κ2) is 7.25. The number of benzene rings is 2. The molecule has 4 rings (SSSR count). The Morgan fingerprint density at radius 1 is 1.28 bits per heavy atom. The zero-order valence-electron chi connectivity index (χ0n) is 16.4. The van der Waals surface area contributed by atoms with E-state index in [0.29, 0.717) is 23.3 Å². The van der Waals surface area contributed by atoms with Crippen molar-refractivity contribution in [2.45, 2.75) is 31.1 Å². The molecule has 0 radical (unpaired) electrons. The number of methoxy groups -OCH3 is 2. The van der Waals surface area contributed by atoms with E-state index in [1.54, 1.807) is 13.2 Å². The summed E-state index contributed by atoms with van der Waals surface area (Å²) in [4.78, 5) is 24.3. The molecule has 2 atom stereocenters. The van der Waals surface area contributed by atoms with Gasteiger partial charge in [0.1, 0.15) is 11.4 Å². The van der Waals surface area contributed by atoms with Crippen molar-refractivity contribution in [2.75, 3.05) is 14.2 Å². The summed E-state index contributed by atoms with van der Waals surface area (Å²) in [5.74, 6) is -0.383. The number of furan rings is 1. The number of fused-ring (bicyclic) bond motifs is 3. The highest BCUT2D eigenvalue weighted by Crippen LogP contribution is 2.47. The molecule has 1 heterocycles. The summed E-state index contributed by atoms with van der Waals surface area (Å²) >= 11 is 0. The molecule has 0 amide bonds. The van der Waals surface area contributed by atoms with Crippen molar-refractivity contribution >= 4 is 33.7 Å². The molecule has 1 aliphatic rings. The van der Waals surface area contributed by atoms with E-state index in [1.807, 2.05) is 30.3 Å². The SMILES string of the molecule is COC(=O)CC1CC(C#N)(c2ccc(OC)c3oc4ccccc4c23)CCC1=O. The number of para-hydroxylation sites is 1. The lowest BCUT2D eigenvalue weighted by Gasteiger charge is -2.35. The van der Waals surface area contributed by atoms with Crippen LogP contribution in [0.2, 0.25) is 0 Å². The van der Waals surface area contributed by atoms with Gasteiger partial charge in [-0.05, 0) is 30.5 Å². The minimum absolute atomic E-state index is 0.00285. The zero-order chi connectivity index (χ0) is 20.6. The van der Waals surface area contributed by atoms with Gasteiger partial charge < -0.3 is 13.9 Å². The molecule has 1 saturated carbocycles. The van der Waals surface area contributed by atoms with E-state index in [1.165, 1.54) is 7.11 Å². The van der Waals surface area contributed by atoms with Gasteiger partial charge in [0.25, 0.3) is 0 Å². The second-order valence-electron chi connectivity index (χ2n) is 7.46. The van der Waals surface area contributed by atoms with Crippen LogP contribution < -0.4 is 4.74 Å². The third-order valence-corrected chi connectivity index (χ3v) is 5.93. The Kier molecular flexibility index (Phi) is 4.75. The lowest BCUT2D eigenvalue weighted by atomic mass is 9.65. The lowest BCUT2D eigenvalue weighted by Crippen LogP contribution is -2.37. The number of ketones is 1. The van der Waals surface area contributed by atoms with E-state index in [-0.39, 0.29) is 25.0 Å². The van der Waals surface area contributed by atoms with Crippen molar-refractivity contribution in [3.05, 3.63) is 42.0 Å². The number of hydrogen-bond acceptors (Lipinski definition) is 6. The van der Waals surface area contributed by atoms with Crippen molar-refractivity contribution < 1.29 is 23.5 Å². The maximum absolute atomic E-state index is 12.5. The molecule has 3 aromatic rings. The molecule has 2 aromatic carbocycles. The number of rotatable bonds is 4. The smallest absolute Gasteiger partial charge is 0.306 e. The quantitative estimate of drug-likeness (QED) is 0.617. The Hall–Kier alpha value is -3.33. The van der Waals surface area contributed by atoms with E-state index in [2.05, 4.69) is 6.07 Å². The number of Topliss-reactive ketones (excluding diaryl/α,β-unsaturated/α-hetero) is 1. The number of carbonyl (C=O) groups excluding carboxylic acids is 2. The molecule has 0 N–H and O–H groups in total. The molecule has 1 aromatic heterocycles. The fraction of sp³-hybridized carbons (Fsp3) is 0.348. The number of hydrogen-bond donors (Lipinski definition) is 0. The lowest BCUT2D eigenvalue weighted by molar-refractivity contribution is -0.144. The zero-order valence-corrected chi connectivity index (χ0v) is 16.4. The van der Waals surface area contributed by atoms with Crippen LogP contribution in [0.25, 0.3) is 21.9 Å². The summed E-state index contributed by atoms with van der Waals surface area (Å²) in [5.41, 5.74) is 1.20. The number of ether oxygens (including phenoxy) is 2. The first-order chi connectivity index (χ1) is 14.0. The third-order valence-electron chi connectivity index (χ3n) is 5.93. The highest BCUT2D eigenvalue weighted by molar-refractivity contribution is 6.09. The topological polar surface area (TPSA) is 89.5 Å². The highest BCUT2D eigenvalue weighted by atomic mass is 16.5. The molecule has 1 fully saturated rings. The van der Waals surface area contributed by atoms with Crippen LogP contribution >= 0.6 is 0 Å². The monoisotopic (exact) mass is 391 g/mol. The summed E-state index contributed by atoms with van der Waals surface area (Å²) < 4.78 is 16.3. The van der Waals surface area contributed by atoms with Crippen LogP contribution in [0.5, 0.6) is 5.75 Å². The minimum atomic E-state index is -0.899. The molecule has 0 bridgehead atoms. The van der Waals surface area contributed by atoms with E-state index in [0.717, 1.165) is 16.3 Å². The molecule has 0 aliphatic heterocycles. The third kappa shape index (κ3) is 3.03. The summed E-state index contributed by atoms with van der Waals surface area (Å²) in [6.07, 6.45) is 0.919. The molecule has 0 saturated heterocycles. The van der Waals surface area contributed by atoms with E-state index >= 15 is 0 Å². The maximum atomic E-state index is 12.5. The largest absolute Gasteiger partial charge is 0.493 e. The van der Waals surface area contributed by atoms with Crippen molar-refractivity contribution in [2.24, 2.45) is 5.92 Å². The molecule has 0 spiro atoms. The van der Waals surface area contributed by atoms with Gasteiger partial charge in [0.2, 0.25) is 0 Å². The normalized spacial score (nSPS) is 21.8. The van der Waals surface area contributed by atoms with E-state index in [9.17, 15) is 14.9 Å². The number of esters is 1. The van der Waals surface area contributed by atoms with Gasteiger partial charge in [-0.25, -0.2) is 0 Å². The Balaban J connectivity index is 1.91. The van der Waals surface area contributed by atoms with Gasteiger partial charge in [-0.2, -0.15) is 5.26 Å². The Morgan fingerprint density at radius 2 is 2.07 bits per heavy atom. The van der Waals surface area contributed by atoms with Gasteiger partial charge in [-0.3, -0.25) is 9.59 Å². The summed E-state index contributed by atoms with van der Waals surface area (Å²) in [6.45, 7) is 0. The molecular weight excluding hydrogens is 370 g/mol. The Labute approximate surface area is 168 Å². The number of nitriles is 1. The van der Waals surface area contributed by atoms with Crippen LogP contribution in [0.4, 0.5) is 0 Å². The minimum Gasteiger partial charge on any atom is -0.493 e. The van der Waals surface area contributed by atoms with E-state index < -0.39 is 17.3 Å². The van der Waals surface area contributed by atoms with Gasteiger partial charge in [0.05, 0.1) is 32.1 Å². The Morgan fingerprint density at radius 3 is 2.79 bits per heavy atom. The van der Waals surface area contributed by atoms with Crippen molar-refractivity contribution in [1.82, 2.24) is 0 Å². The second-order valence-corrected chi connectivity index (χ2v) is 7.46. The van der Waals surface area contributed by atoms with Gasteiger partial charge in [-0.1, -0.05) is 24.3 Å². The first kappa shape index (κ1) is 19.0. The van der Waals surface area contributed by atoms with Crippen LogP contribution in [0.3, 0.4) is 0 Å². The van der Waals surface area contributed by atoms with Crippen molar-refractivity contribution in [3.8, 4) is 11.8 Å². The van der Waals surface area contributed by atoms with E-state index in [4.69, 9.17) is 13.9 Å². The van der Waals surface area contributed by atoms with Crippen molar-refractivity contribution in [1.29, 1.82) is 5.26 Å². The molecule has 29 heavy (non-hydrogen) atoms. The summed E-state index contributed by atoms with van der Waals surface area (Å²) in [6, 6.07) is 13.8. The Bertz CT molecular complexity index is 1160. The van der Waals surface area contributed by atoms with Gasteiger partial charge in [0, 0.05) is 23.1 Å². The summed E-state index contributed by atoms with van der Waals surface area (Å²) in [5, 5.41) is 12.0.